The molecule has 4 amide bonds. The van der Waals surface area contributed by atoms with E-state index in [1.807, 2.05) is 18.7 Å². The lowest BCUT2D eigenvalue weighted by molar-refractivity contribution is -0.124. The van der Waals surface area contributed by atoms with Gasteiger partial charge in [-0.25, -0.2) is 4.39 Å². The van der Waals surface area contributed by atoms with Crippen LogP contribution in [-0.4, -0.2) is 76.4 Å². The van der Waals surface area contributed by atoms with Crippen molar-refractivity contribution in [3.8, 4) is 0 Å². The van der Waals surface area contributed by atoms with Crippen molar-refractivity contribution in [2.45, 2.75) is 26.4 Å². The van der Waals surface area contributed by atoms with Crippen molar-refractivity contribution in [2.75, 3.05) is 32.7 Å². The monoisotopic (exact) mass is 524 g/mol. The van der Waals surface area contributed by atoms with Gasteiger partial charge in [0, 0.05) is 37.8 Å². The maximum Gasteiger partial charge on any atom is 0.293 e. The van der Waals surface area contributed by atoms with Crippen LogP contribution in [0.1, 0.15) is 35.3 Å². The molecule has 0 unspecified atom stereocenters. The third kappa shape index (κ3) is 6.84. The number of thioether (sulfide) groups is 1. The van der Waals surface area contributed by atoms with Crippen LogP contribution in [0.3, 0.4) is 0 Å². The zero-order valence-electron chi connectivity index (χ0n) is 20.8. The molecule has 10 heteroatoms. The highest BCUT2D eigenvalue weighted by atomic mass is 32.2. The lowest BCUT2D eigenvalue weighted by Crippen LogP contribution is -2.51. The average molecular weight is 525 g/mol. The van der Waals surface area contributed by atoms with Gasteiger partial charge in [-0.15, -0.1) is 0 Å². The van der Waals surface area contributed by atoms with Crippen molar-refractivity contribution in [3.05, 3.63) is 75.9 Å². The standard InChI is InChI=1S/C27H29FN4O4S/c1-18(2)29-24(33)17-30-10-12-31(13-11-30)25(34)21-5-3-4-20(14-21)15-23-26(35)32(27(36)37-23)16-19-6-8-22(28)9-7-19/h3-9,14-15,18H,10-13,16-17H2,1-2H3,(H,29,33)/b23-15-. The van der Waals surface area contributed by atoms with Crippen molar-refractivity contribution in [2.24, 2.45) is 0 Å². The van der Waals surface area contributed by atoms with Crippen molar-refractivity contribution in [1.82, 2.24) is 20.0 Å². The minimum atomic E-state index is -0.423. The van der Waals surface area contributed by atoms with Crippen LogP contribution >= 0.6 is 11.8 Å². The number of carbonyl (C=O) groups is 4. The van der Waals surface area contributed by atoms with E-state index in [2.05, 4.69) is 5.32 Å². The molecule has 2 aliphatic heterocycles. The number of carbonyl (C=O) groups excluding carboxylic acids is 4. The Balaban J connectivity index is 1.38. The molecule has 8 nitrogen and oxygen atoms in total. The number of hydrogen-bond donors (Lipinski definition) is 1. The average Bonchev–Trinajstić information content (AvgIpc) is 3.12. The van der Waals surface area contributed by atoms with E-state index in [0.717, 1.165) is 16.7 Å². The minimum absolute atomic E-state index is 0.0236. The second-order valence-corrected chi connectivity index (χ2v) is 10.3. The molecule has 0 aliphatic carbocycles. The van der Waals surface area contributed by atoms with Gasteiger partial charge >= 0.3 is 0 Å². The number of piperazine rings is 1. The number of benzene rings is 2. The molecule has 2 aromatic carbocycles. The molecule has 0 bridgehead atoms. The summed E-state index contributed by atoms with van der Waals surface area (Å²) >= 11 is 0.841. The first-order chi connectivity index (χ1) is 17.7. The SMILES string of the molecule is CC(C)NC(=O)CN1CCN(C(=O)c2cccc(/C=C3\SC(=O)N(Cc4ccc(F)cc4)C3=O)c2)CC1. The molecule has 37 heavy (non-hydrogen) atoms. The molecule has 2 saturated heterocycles. The Morgan fingerprint density at radius 2 is 1.76 bits per heavy atom. The molecule has 0 atom stereocenters. The first-order valence-corrected chi connectivity index (χ1v) is 12.9. The smallest absolute Gasteiger partial charge is 0.293 e. The Morgan fingerprint density at radius 1 is 1.05 bits per heavy atom. The summed E-state index contributed by atoms with van der Waals surface area (Å²) in [5.74, 6) is -0.952. The van der Waals surface area contributed by atoms with Gasteiger partial charge < -0.3 is 10.2 Å². The topological polar surface area (TPSA) is 90.0 Å². The molecule has 0 spiro atoms. The third-order valence-electron chi connectivity index (χ3n) is 6.04. The van der Waals surface area contributed by atoms with Crippen LogP contribution in [0.5, 0.6) is 0 Å². The number of nitrogens with zero attached hydrogens (tertiary/aromatic N) is 3. The van der Waals surface area contributed by atoms with Crippen molar-refractivity contribution < 1.29 is 23.6 Å². The molecular formula is C27H29FN4O4S. The van der Waals surface area contributed by atoms with Gasteiger partial charge in [0.25, 0.3) is 17.1 Å². The molecule has 4 rings (SSSR count). The van der Waals surface area contributed by atoms with Crippen LogP contribution in [-0.2, 0) is 16.1 Å². The molecular weight excluding hydrogens is 495 g/mol. The normalized spacial score (nSPS) is 17.7. The summed E-state index contributed by atoms with van der Waals surface area (Å²) in [5, 5.41) is 2.48. The van der Waals surface area contributed by atoms with Gasteiger partial charge in [0.1, 0.15) is 5.82 Å². The minimum Gasteiger partial charge on any atom is -0.353 e. The lowest BCUT2D eigenvalue weighted by atomic mass is 10.1. The zero-order valence-corrected chi connectivity index (χ0v) is 21.6. The van der Waals surface area contributed by atoms with E-state index in [4.69, 9.17) is 0 Å². The van der Waals surface area contributed by atoms with Crippen LogP contribution < -0.4 is 5.32 Å². The predicted octanol–water partition coefficient (Wildman–Crippen LogP) is 3.34. The van der Waals surface area contributed by atoms with E-state index >= 15 is 0 Å². The van der Waals surface area contributed by atoms with Crippen LogP contribution in [0, 0.1) is 5.82 Å². The largest absolute Gasteiger partial charge is 0.353 e. The second kappa shape index (κ2) is 11.7. The van der Waals surface area contributed by atoms with E-state index in [1.54, 1.807) is 35.2 Å². The molecule has 2 heterocycles. The number of nitrogens with one attached hydrogen (secondary N) is 1. The fourth-order valence-corrected chi connectivity index (χ4v) is 5.02. The number of halogens is 1. The van der Waals surface area contributed by atoms with Gasteiger partial charge in [-0.05, 0) is 67.1 Å². The number of rotatable bonds is 7. The maximum atomic E-state index is 13.2. The number of amides is 4. The molecule has 0 aromatic heterocycles. The molecule has 0 saturated carbocycles. The molecule has 2 aromatic rings. The fourth-order valence-electron chi connectivity index (χ4n) is 4.18. The Kier molecular flexibility index (Phi) is 8.40. The van der Waals surface area contributed by atoms with Crippen molar-refractivity contribution in [3.63, 3.8) is 0 Å². The molecule has 194 valence electrons. The zero-order chi connectivity index (χ0) is 26.5. The van der Waals surface area contributed by atoms with Gasteiger partial charge in [-0.2, -0.15) is 0 Å². The van der Waals surface area contributed by atoms with E-state index in [0.29, 0.717) is 49.4 Å². The van der Waals surface area contributed by atoms with E-state index in [1.165, 1.54) is 24.3 Å². The van der Waals surface area contributed by atoms with Gasteiger partial charge in [0.05, 0.1) is 18.0 Å². The Hall–Kier alpha value is -3.50. The van der Waals surface area contributed by atoms with Crippen LogP contribution in [0.2, 0.25) is 0 Å². The molecule has 1 N–H and O–H groups in total. The van der Waals surface area contributed by atoms with Gasteiger partial charge in [-0.3, -0.25) is 29.0 Å². The maximum absolute atomic E-state index is 13.2. The van der Waals surface area contributed by atoms with Gasteiger partial charge in [-0.1, -0.05) is 24.3 Å². The first-order valence-electron chi connectivity index (χ1n) is 12.1. The summed E-state index contributed by atoms with van der Waals surface area (Å²) in [6.45, 7) is 6.46. The van der Waals surface area contributed by atoms with Crippen LogP contribution in [0.15, 0.2) is 53.4 Å². The highest BCUT2D eigenvalue weighted by Crippen LogP contribution is 2.33. The lowest BCUT2D eigenvalue weighted by Gasteiger charge is -2.34. The molecule has 2 aliphatic rings. The Morgan fingerprint density at radius 3 is 2.43 bits per heavy atom. The second-order valence-electron chi connectivity index (χ2n) is 9.31. The summed E-state index contributed by atoms with van der Waals surface area (Å²) < 4.78 is 13.2. The highest BCUT2D eigenvalue weighted by molar-refractivity contribution is 8.18. The van der Waals surface area contributed by atoms with Crippen LogP contribution in [0.4, 0.5) is 9.18 Å². The third-order valence-corrected chi connectivity index (χ3v) is 6.94. The number of hydrogen-bond acceptors (Lipinski definition) is 6. The highest BCUT2D eigenvalue weighted by Gasteiger charge is 2.35. The summed E-state index contributed by atoms with van der Waals surface area (Å²) in [4.78, 5) is 55.6. The summed E-state index contributed by atoms with van der Waals surface area (Å²) in [7, 11) is 0. The Labute approximate surface area is 219 Å². The summed E-state index contributed by atoms with van der Waals surface area (Å²) in [6.07, 6.45) is 1.61. The number of imide groups is 1. The van der Waals surface area contributed by atoms with Gasteiger partial charge in [0.2, 0.25) is 5.91 Å². The summed E-state index contributed by atoms with van der Waals surface area (Å²) in [6, 6.07) is 12.7. The summed E-state index contributed by atoms with van der Waals surface area (Å²) in [5.41, 5.74) is 1.78. The van der Waals surface area contributed by atoms with Gasteiger partial charge in [0.15, 0.2) is 0 Å². The molecule has 2 fully saturated rings. The molecule has 0 radical (unpaired) electrons. The fraction of sp³-hybridized carbons (Fsp3) is 0.333. The van der Waals surface area contributed by atoms with E-state index in [9.17, 15) is 23.6 Å². The van der Waals surface area contributed by atoms with Crippen molar-refractivity contribution >= 4 is 40.8 Å². The first kappa shape index (κ1) is 26.6. The van der Waals surface area contributed by atoms with E-state index < -0.39 is 11.1 Å². The van der Waals surface area contributed by atoms with E-state index in [-0.39, 0.29) is 35.1 Å². The predicted molar refractivity (Wildman–Crippen MR) is 140 cm³/mol. The van der Waals surface area contributed by atoms with Crippen molar-refractivity contribution in [1.29, 1.82) is 0 Å². The quantitative estimate of drug-likeness (QED) is 0.559. The van der Waals surface area contributed by atoms with Crippen LogP contribution in [0.25, 0.3) is 6.08 Å². The Bertz CT molecular complexity index is 1220.